The van der Waals surface area contributed by atoms with Gasteiger partial charge in [-0.1, -0.05) is 109 Å². The standard InChI is InChI=1S/C60H42N12/c1-35-62-36(2)65-58(64-35)41-26-28-51-46(32-41)43-20-11-13-23-49(43)71(51)53-30-31-61-34-48(53)55-45(60-69-56(39-16-7-5-8-17-39)68-57(70-60)40-18-9-6-10-19-40)22-15-25-54(55)72-50-24-14-12-21-44(50)47-33-42(27-29-52(47)72)59-66-37(3)63-38(4)67-59/h5-34H,1-4H3. The van der Waals surface area contributed by atoms with E-state index in [1.54, 1.807) is 0 Å². The summed E-state index contributed by atoms with van der Waals surface area (Å²) >= 11 is 0. The Morgan fingerprint density at radius 2 is 0.750 bits per heavy atom. The Balaban J connectivity index is 1.12. The quantitative estimate of drug-likeness (QED) is 0.145. The fourth-order valence-corrected chi connectivity index (χ4v) is 10.1. The number of pyridine rings is 1. The molecule has 0 bridgehead atoms. The third-order valence-electron chi connectivity index (χ3n) is 13.1. The minimum atomic E-state index is 0.521. The van der Waals surface area contributed by atoms with Crippen LogP contribution >= 0.6 is 0 Å². The monoisotopic (exact) mass is 930 g/mol. The lowest BCUT2D eigenvalue weighted by molar-refractivity contribution is 0.928. The first kappa shape index (κ1) is 42.4. The Morgan fingerprint density at radius 3 is 1.28 bits per heavy atom. The Labute approximate surface area is 413 Å². The van der Waals surface area contributed by atoms with Gasteiger partial charge in [0.2, 0.25) is 0 Å². The molecule has 7 aromatic carbocycles. The van der Waals surface area contributed by atoms with Crippen LogP contribution in [-0.2, 0) is 0 Å². The number of nitrogens with zero attached hydrogens (tertiary/aromatic N) is 12. The Morgan fingerprint density at radius 1 is 0.306 bits per heavy atom. The van der Waals surface area contributed by atoms with Crippen LogP contribution in [0.3, 0.4) is 0 Å². The first-order chi connectivity index (χ1) is 35.3. The third kappa shape index (κ3) is 7.23. The zero-order chi connectivity index (χ0) is 48.5. The lowest BCUT2D eigenvalue weighted by Gasteiger charge is -2.21. The van der Waals surface area contributed by atoms with Crippen molar-refractivity contribution in [1.29, 1.82) is 0 Å². The molecule has 0 aliphatic carbocycles. The number of fused-ring (bicyclic) bond motifs is 6. The van der Waals surface area contributed by atoms with Crippen molar-refractivity contribution < 1.29 is 0 Å². The van der Waals surface area contributed by atoms with Gasteiger partial charge in [-0.25, -0.2) is 44.9 Å². The largest absolute Gasteiger partial charge is 0.309 e. The zero-order valence-corrected chi connectivity index (χ0v) is 39.7. The molecule has 6 heterocycles. The van der Waals surface area contributed by atoms with Gasteiger partial charge in [-0.15, -0.1) is 0 Å². The van der Waals surface area contributed by atoms with Crippen LogP contribution < -0.4 is 0 Å². The molecule has 0 aliphatic rings. The number of para-hydroxylation sites is 2. The van der Waals surface area contributed by atoms with Gasteiger partial charge in [-0.3, -0.25) is 4.98 Å². The normalized spacial score (nSPS) is 11.6. The lowest BCUT2D eigenvalue weighted by atomic mass is 9.96. The van der Waals surface area contributed by atoms with Crippen molar-refractivity contribution in [2.45, 2.75) is 27.7 Å². The summed E-state index contributed by atoms with van der Waals surface area (Å²) in [5, 5.41) is 4.29. The summed E-state index contributed by atoms with van der Waals surface area (Å²) in [7, 11) is 0. The van der Waals surface area contributed by atoms with Crippen LogP contribution in [0, 0.1) is 27.7 Å². The van der Waals surface area contributed by atoms with Gasteiger partial charge in [-0.2, -0.15) is 0 Å². The summed E-state index contributed by atoms with van der Waals surface area (Å²) in [6.07, 6.45) is 3.83. The molecule has 0 atom stereocenters. The van der Waals surface area contributed by atoms with Crippen LogP contribution in [0.4, 0.5) is 0 Å². The van der Waals surface area contributed by atoms with Gasteiger partial charge in [0, 0.05) is 72.9 Å². The highest BCUT2D eigenvalue weighted by Gasteiger charge is 2.26. The molecule has 13 aromatic rings. The predicted molar refractivity (Wildman–Crippen MR) is 285 cm³/mol. The Hall–Kier alpha value is -9.68. The van der Waals surface area contributed by atoms with E-state index < -0.39 is 0 Å². The number of aryl methyl sites for hydroxylation is 4. The number of hydrogen-bond donors (Lipinski definition) is 0. The maximum absolute atomic E-state index is 5.34. The molecule has 0 fully saturated rings. The third-order valence-corrected chi connectivity index (χ3v) is 13.1. The molecule has 0 unspecified atom stereocenters. The van der Waals surface area contributed by atoms with Crippen LogP contribution in [0.5, 0.6) is 0 Å². The summed E-state index contributed by atoms with van der Waals surface area (Å²) in [5.41, 5.74) is 12.1. The van der Waals surface area contributed by atoms with Crippen molar-refractivity contribution in [1.82, 2.24) is 59.0 Å². The number of aromatic nitrogens is 12. The maximum Gasteiger partial charge on any atom is 0.164 e. The molecule has 0 radical (unpaired) electrons. The van der Waals surface area contributed by atoms with E-state index >= 15 is 0 Å². The van der Waals surface area contributed by atoms with Gasteiger partial charge in [0.1, 0.15) is 23.3 Å². The number of benzene rings is 7. The van der Waals surface area contributed by atoms with E-state index in [1.807, 2.05) is 101 Å². The highest BCUT2D eigenvalue weighted by Crippen LogP contribution is 2.45. The molecule has 0 saturated heterocycles. The van der Waals surface area contributed by atoms with Crippen molar-refractivity contribution in [2.24, 2.45) is 0 Å². The van der Waals surface area contributed by atoms with Crippen LogP contribution in [0.25, 0.3) is 123 Å². The van der Waals surface area contributed by atoms with Crippen LogP contribution in [0.15, 0.2) is 182 Å². The molecule has 0 N–H and O–H groups in total. The first-order valence-electron chi connectivity index (χ1n) is 23.7. The molecule has 72 heavy (non-hydrogen) atoms. The fourth-order valence-electron chi connectivity index (χ4n) is 10.1. The molecule has 342 valence electrons. The minimum Gasteiger partial charge on any atom is -0.309 e. The highest BCUT2D eigenvalue weighted by molar-refractivity contribution is 6.13. The van der Waals surface area contributed by atoms with E-state index in [9.17, 15) is 0 Å². The average molecular weight is 931 g/mol. The van der Waals surface area contributed by atoms with Gasteiger partial charge < -0.3 is 9.13 Å². The lowest BCUT2D eigenvalue weighted by Crippen LogP contribution is -2.06. The van der Waals surface area contributed by atoms with Crippen LogP contribution in [-0.4, -0.2) is 59.0 Å². The second-order valence-corrected chi connectivity index (χ2v) is 17.8. The molecule has 13 rings (SSSR count). The van der Waals surface area contributed by atoms with Gasteiger partial charge in [0.15, 0.2) is 29.1 Å². The Bertz CT molecular complexity index is 4180. The van der Waals surface area contributed by atoms with Crippen molar-refractivity contribution >= 4 is 43.6 Å². The SMILES string of the molecule is Cc1nc(C)nc(-c2ccc3c(c2)c2ccccc2n3-c2ccncc2-c2c(-c3nc(-c4ccccc4)nc(-c4ccccc4)n3)cccc2-n2c3ccccc3c3cc(-c4nc(C)nc(C)n4)ccc32)n1. The topological polar surface area (TPSA) is 139 Å². The molecular weight excluding hydrogens is 889 g/mol. The van der Waals surface area contributed by atoms with Crippen molar-refractivity contribution in [3.63, 3.8) is 0 Å². The molecule has 12 nitrogen and oxygen atoms in total. The zero-order valence-electron chi connectivity index (χ0n) is 39.7. The molecule has 0 amide bonds. The smallest absolute Gasteiger partial charge is 0.164 e. The minimum absolute atomic E-state index is 0.521. The highest BCUT2D eigenvalue weighted by atomic mass is 15.1. The summed E-state index contributed by atoms with van der Waals surface area (Å²) in [5.74, 6) is 5.64. The second kappa shape index (κ2) is 17.1. The van der Waals surface area contributed by atoms with Gasteiger partial charge >= 0.3 is 0 Å². The fraction of sp³-hybridized carbons (Fsp3) is 0.0667. The van der Waals surface area contributed by atoms with E-state index in [0.717, 1.165) is 93.9 Å². The second-order valence-electron chi connectivity index (χ2n) is 17.8. The van der Waals surface area contributed by atoms with E-state index in [4.69, 9.17) is 39.9 Å². The first-order valence-corrected chi connectivity index (χ1v) is 23.7. The van der Waals surface area contributed by atoms with Gasteiger partial charge in [0.05, 0.1) is 33.4 Å². The molecule has 0 spiro atoms. The van der Waals surface area contributed by atoms with Crippen LogP contribution in [0.1, 0.15) is 23.3 Å². The van der Waals surface area contributed by atoms with Crippen molar-refractivity contribution in [3.8, 4) is 79.4 Å². The number of rotatable bonds is 8. The molecule has 0 saturated carbocycles. The average Bonchev–Trinajstić information content (AvgIpc) is 3.92. The van der Waals surface area contributed by atoms with Gasteiger partial charge in [0.25, 0.3) is 0 Å². The van der Waals surface area contributed by atoms with E-state index in [2.05, 4.69) is 128 Å². The van der Waals surface area contributed by atoms with Crippen molar-refractivity contribution in [2.75, 3.05) is 0 Å². The molecule has 6 aromatic heterocycles. The molecule has 0 aliphatic heterocycles. The van der Waals surface area contributed by atoms with E-state index in [1.165, 1.54) is 0 Å². The van der Waals surface area contributed by atoms with Crippen LogP contribution in [0.2, 0.25) is 0 Å². The summed E-state index contributed by atoms with van der Waals surface area (Å²) in [6.45, 7) is 7.60. The predicted octanol–water partition coefficient (Wildman–Crippen LogP) is 13.1. The maximum atomic E-state index is 5.34. The van der Waals surface area contributed by atoms with Crippen molar-refractivity contribution in [3.05, 3.63) is 206 Å². The summed E-state index contributed by atoms with van der Waals surface area (Å²) < 4.78 is 4.69. The number of hydrogen-bond acceptors (Lipinski definition) is 10. The Kier molecular flexibility index (Phi) is 10.1. The molecule has 12 heteroatoms. The van der Waals surface area contributed by atoms with Gasteiger partial charge in [-0.05, 0) is 88.4 Å². The van der Waals surface area contributed by atoms with E-state index in [-0.39, 0.29) is 0 Å². The summed E-state index contributed by atoms with van der Waals surface area (Å²) in [4.78, 5) is 48.6. The molecular formula is C60H42N12. The van der Waals surface area contributed by atoms with E-state index in [0.29, 0.717) is 52.4 Å². The summed E-state index contributed by atoms with van der Waals surface area (Å²) in [6, 6.07) is 58.6.